The van der Waals surface area contributed by atoms with Crippen molar-refractivity contribution >= 4 is 23.0 Å². The fraction of sp³-hybridized carbons (Fsp3) is 0.0909. The first-order valence-corrected chi connectivity index (χ1v) is 5.75. The summed E-state index contributed by atoms with van der Waals surface area (Å²) in [6.45, 7) is 0. The lowest BCUT2D eigenvalue weighted by molar-refractivity contribution is -0.385. The van der Waals surface area contributed by atoms with Crippen molar-refractivity contribution in [2.24, 2.45) is 0 Å². The first-order valence-electron chi connectivity index (χ1n) is 5.75. The fourth-order valence-electron chi connectivity index (χ4n) is 1.66. The zero-order valence-corrected chi connectivity index (χ0v) is 11.1. The molecule has 0 unspecified atom stereocenters. The van der Waals surface area contributed by atoms with Crippen LogP contribution in [0.5, 0.6) is 5.75 Å². The van der Waals surface area contributed by atoms with Crippen LogP contribution < -0.4 is 10.1 Å². The van der Waals surface area contributed by atoms with Gasteiger partial charge in [-0.15, -0.1) is 0 Å². The van der Waals surface area contributed by atoms with E-state index in [-0.39, 0.29) is 22.8 Å². The number of rotatable bonds is 5. The molecule has 11 heteroatoms. The summed E-state index contributed by atoms with van der Waals surface area (Å²) in [5, 5.41) is 29.5. The second kappa shape index (κ2) is 5.87. The summed E-state index contributed by atoms with van der Waals surface area (Å²) in [5.74, 6) is -0.699. The number of nitrogens with one attached hydrogen (secondary N) is 2. The van der Waals surface area contributed by atoms with Crippen molar-refractivity contribution in [2.75, 3.05) is 12.4 Å². The van der Waals surface area contributed by atoms with Crippen LogP contribution in [0.3, 0.4) is 0 Å². The number of anilines is 1. The van der Waals surface area contributed by atoms with E-state index >= 15 is 0 Å². The highest BCUT2D eigenvalue weighted by molar-refractivity contribution is 6.05. The van der Waals surface area contributed by atoms with Crippen LogP contribution in [0.15, 0.2) is 24.4 Å². The lowest BCUT2D eigenvalue weighted by Crippen LogP contribution is -2.14. The highest BCUT2D eigenvalue weighted by Crippen LogP contribution is 2.26. The normalized spacial score (nSPS) is 10.0. The zero-order valence-electron chi connectivity index (χ0n) is 11.1. The van der Waals surface area contributed by atoms with Crippen molar-refractivity contribution < 1.29 is 19.4 Å². The standard InChI is InChI=1S/C11H9N5O6/c1-22-8-3-6(2-7(4-8)15(18)19)13-11(17)10-9(16(20)21)5-12-14-10/h2-5H,1H3,(H,12,14)(H,13,17). The van der Waals surface area contributed by atoms with Crippen molar-refractivity contribution in [2.45, 2.75) is 0 Å². The molecule has 1 amide bonds. The number of nitrogens with zero attached hydrogens (tertiary/aromatic N) is 3. The van der Waals surface area contributed by atoms with E-state index in [0.717, 1.165) is 12.3 Å². The summed E-state index contributed by atoms with van der Waals surface area (Å²) in [5.41, 5.74) is -1.11. The van der Waals surface area contributed by atoms with Gasteiger partial charge in [-0.25, -0.2) is 0 Å². The minimum absolute atomic E-state index is 0.0555. The first kappa shape index (κ1) is 14.9. The monoisotopic (exact) mass is 307 g/mol. The van der Waals surface area contributed by atoms with E-state index in [1.54, 1.807) is 0 Å². The van der Waals surface area contributed by atoms with E-state index in [1.807, 2.05) is 0 Å². The Morgan fingerprint density at radius 1 is 1.27 bits per heavy atom. The van der Waals surface area contributed by atoms with Crippen LogP contribution in [-0.4, -0.2) is 33.1 Å². The van der Waals surface area contributed by atoms with Crippen LogP contribution in [-0.2, 0) is 0 Å². The van der Waals surface area contributed by atoms with Crippen molar-refractivity contribution in [3.8, 4) is 5.75 Å². The number of H-pyrrole nitrogens is 1. The minimum atomic E-state index is -0.855. The largest absolute Gasteiger partial charge is 0.496 e. The van der Waals surface area contributed by atoms with Crippen LogP contribution in [0.2, 0.25) is 0 Å². The molecule has 1 aromatic heterocycles. The maximum Gasteiger partial charge on any atom is 0.319 e. The molecule has 2 rings (SSSR count). The van der Waals surface area contributed by atoms with Crippen LogP contribution in [0.25, 0.3) is 0 Å². The van der Waals surface area contributed by atoms with E-state index in [9.17, 15) is 25.0 Å². The Labute approximate surface area is 122 Å². The van der Waals surface area contributed by atoms with Gasteiger partial charge in [0.1, 0.15) is 11.9 Å². The van der Waals surface area contributed by atoms with Gasteiger partial charge in [-0.3, -0.25) is 30.1 Å². The summed E-state index contributed by atoms with van der Waals surface area (Å²) in [6, 6.07) is 3.62. The number of benzene rings is 1. The molecule has 1 aromatic carbocycles. The SMILES string of the molecule is COc1cc(NC(=O)c2[nH]ncc2[N+](=O)[O-])cc([N+](=O)[O-])c1. The van der Waals surface area contributed by atoms with Gasteiger partial charge >= 0.3 is 5.69 Å². The Kier molecular flexibility index (Phi) is 3.97. The molecule has 0 saturated carbocycles. The molecular weight excluding hydrogens is 298 g/mol. The Morgan fingerprint density at radius 3 is 2.59 bits per heavy atom. The lowest BCUT2D eigenvalue weighted by atomic mass is 10.2. The average molecular weight is 307 g/mol. The van der Waals surface area contributed by atoms with Crippen molar-refractivity contribution in [1.82, 2.24) is 10.2 Å². The summed E-state index contributed by atoms with van der Waals surface area (Å²) in [6.07, 6.45) is 0.892. The molecule has 0 aliphatic heterocycles. The molecule has 2 aromatic rings. The third kappa shape index (κ3) is 2.98. The second-order valence-corrected chi connectivity index (χ2v) is 4.02. The number of hydrogen-bond acceptors (Lipinski definition) is 7. The summed E-state index contributed by atoms with van der Waals surface area (Å²) in [4.78, 5) is 32.1. The number of aromatic amines is 1. The van der Waals surface area contributed by atoms with Gasteiger partial charge in [-0.1, -0.05) is 0 Å². The molecule has 0 atom stereocenters. The molecular formula is C11H9N5O6. The number of hydrogen-bond donors (Lipinski definition) is 2. The van der Waals surface area contributed by atoms with Crippen LogP contribution in [0, 0.1) is 20.2 Å². The predicted octanol–water partition coefficient (Wildman–Crippen LogP) is 1.49. The van der Waals surface area contributed by atoms with E-state index in [2.05, 4.69) is 15.5 Å². The summed E-state index contributed by atoms with van der Waals surface area (Å²) in [7, 11) is 1.31. The van der Waals surface area contributed by atoms with Gasteiger partial charge in [0.05, 0.1) is 28.7 Å². The molecule has 0 spiro atoms. The number of ether oxygens (including phenoxy) is 1. The summed E-state index contributed by atoms with van der Waals surface area (Å²) >= 11 is 0. The Bertz CT molecular complexity index is 755. The van der Waals surface area contributed by atoms with Gasteiger partial charge in [0, 0.05) is 12.1 Å². The van der Waals surface area contributed by atoms with Gasteiger partial charge in [-0.05, 0) is 0 Å². The zero-order chi connectivity index (χ0) is 16.3. The summed E-state index contributed by atoms with van der Waals surface area (Å²) < 4.78 is 4.90. The van der Waals surface area contributed by atoms with Crippen molar-refractivity contribution in [3.63, 3.8) is 0 Å². The molecule has 0 aliphatic rings. The van der Waals surface area contributed by atoms with E-state index < -0.39 is 21.4 Å². The molecule has 0 fully saturated rings. The van der Waals surface area contributed by atoms with Crippen LogP contribution in [0.1, 0.15) is 10.5 Å². The molecule has 22 heavy (non-hydrogen) atoms. The number of nitro benzene ring substituents is 1. The highest BCUT2D eigenvalue weighted by Gasteiger charge is 2.23. The first-order chi connectivity index (χ1) is 10.4. The van der Waals surface area contributed by atoms with Crippen molar-refractivity contribution in [3.05, 3.63) is 50.3 Å². The van der Waals surface area contributed by atoms with E-state index in [1.165, 1.54) is 19.2 Å². The smallest absolute Gasteiger partial charge is 0.319 e. The molecule has 114 valence electrons. The van der Waals surface area contributed by atoms with E-state index in [0.29, 0.717) is 0 Å². The molecule has 2 N–H and O–H groups in total. The maximum atomic E-state index is 12.0. The topological polar surface area (TPSA) is 153 Å². The Hall–Kier alpha value is -3.50. The predicted molar refractivity (Wildman–Crippen MR) is 72.8 cm³/mol. The Balaban J connectivity index is 2.32. The van der Waals surface area contributed by atoms with Gasteiger partial charge in [-0.2, -0.15) is 5.10 Å². The molecule has 0 saturated heterocycles. The van der Waals surface area contributed by atoms with Crippen molar-refractivity contribution in [1.29, 1.82) is 0 Å². The second-order valence-electron chi connectivity index (χ2n) is 4.02. The molecule has 0 bridgehead atoms. The molecule has 11 nitrogen and oxygen atoms in total. The van der Waals surface area contributed by atoms with Gasteiger partial charge in [0.25, 0.3) is 11.6 Å². The lowest BCUT2D eigenvalue weighted by Gasteiger charge is -2.06. The van der Waals surface area contributed by atoms with Gasteiger partial charge in [0.15, 0.2) is 0 Å². The average Bonchev–Trinajstić information content (AvgIpc) is 2.96. The number of methoxy groups -OCH3 is 1. The van der Waals surface area contributed by atoms with Crippen LogP contribution >= 0.6 is 0 Å². The quantitative estimate of drug-likeness (QED) is 0.626. The van der Waals surface area contributed by atoms with Gasteiger partial charge < -0.3 is 10.1 Å². The molecule has 0 aliphatic carbocycles. The van der Waals surface area contributed by atoms with Gasteiger partial charge in [0.2, 0.25) is 5.69 Å². The van der Waals surface area contributed by atoms with Crippen LogP contribution in [0.4, 0.5) is 17.1 Å². The third-order valence-electron chi connectivity index (χ3n) is 2.64. The number of carbonyl (C=O) groups is 1. The Morgan fingerprint density at radius 2 is 2.00 bits per heavy atom. The maximum absolute atomic E-state index is 12.0. The number of amides is 1. The fourth-order valence-corrected chi connectivity index (χ4v) is 1.66. The third-order valence-corrected chi connectivity index (χ3v) is 2.64. The molecule has 1 heterocycles. The number of nitro groups is 2. The number of carbonyl (C=O) groups excluding carboxylic acids is 1. The highest BCUT2D eigenvalue weighted by atomic mass is 16.6. The molecule has 0 radical (unpaired) electrons. The minimum Gasteiger partial charge on any atom is -0.496 e. The van der Waals surface area contributed by atoms with E-state index in [4.69, 9.17) is 4.74 Å². The number of aromatic nitrogens is 2. The number of non-ortho nitro benzene ring substituents is 1.